The van der Waals surface area contributed by atoms with Gasteiger partial charge in [0, 0.05) is 26.6 Å². The molecular weight excluding hydrogens is 300 g/mol. The summed E-state index contributed by atoms with van der Waals surface area (Å²) in [6.07, 6.45) is 6.40. The first kappa shape index (κ1) is 17.1. The molecule has 1 saturated heterocycles. The first-order valence-electron chi connectivity index (χ1n) is 8.93. The summed E-state index contributed by atoms with van der Waals surface area (Å²) < 4.78 is 1.89. The third kappa shape index (κ3) is 4.22. The van der Waals surface area contributed by atoms with Gasteiger partial charge in [0.1, 0.15) is 12.2 Å². The second kappa shape index (κ2) is 7.45. The zero-order chi connectivity index (χ0) is 17.0. The van der Waals surface area contributed by atoms with E-state index < -0.39 is 5.60 Å². The molecule has 0 amide bonds. The molecule has 0 spiro atoms. The van der Waals surface area contributed by atoms with Crippen LogP contribution in [0, 0.1) is 0 Å². The van der Waals surface area contributed by atoms with Crippen molar-refractivity contribution in [3.63, 3.8) is 0 Å². The van der Waals surface area contributed by atoms with Gasteiger partial charge in [0.15, 0.2) is 0 Å². The van der Waals surface area contributed by atoms with Gasteiger partial charge in [-0.1, -0.05) is 37.6 Å². The van der Waals surface area contributed by atoms with Gasteiger partial charge in [-0.25, -0.2) is 0 Å². The molecule has 0 bridgehead atoms. The summed E-state index contributed by atoms with van der Waals surface area (Å²) in [4.78, 5) is 2.37. The smallest absolute Gasteiger partial charge is 0.135 e. The van der Waals surface area contributed by atoms with E-state index in [9.17, 15) is 5.11 Å². The Labute approximate surface area is 144 Å². The van der Waals surface area contributed by atoms with Crippen LogP contribution in [0.25, 0.3) is 0 Å². The lowest BCUT2D eigenvalue weighted by Crippen LogP contribution is -2.49. The minimum absolute atomic E-state index is 0.565. The van der Waals surface area contributed by atoms with E-state index in [4.69, 9.17) is 0 Å². The molecule has 24 heavy (non-hydrogen) atoms. The lowest BCUT2D eigenvalue weighted by Gasteiger charge is -2.39. The molecule has 0 aliphatic carbocycles. The average Bonchev–Trinajstić information content (AvgIpc) is 2.92. The molecule has 0 radical (unpaired) electrons. The Kier molecular flexibility index (Phi) is 5.31. The number of aromatic nitrogens is 3. The summed E-state index contributed by atoms with van der Waals surface area (Å²) >= 11 is 0. The van der Waals surface area contributed by atoms with E-state index in [1.54, 1.807) is 6.33 Å². The number of likely N-dealkylation sites (tertiary alicyclic amines) is 1. The Hall–Kier alpha value is -1.72. The minimum atomic E-state index is -0.708. The maximum atomic E-state index is 11.0. The molecule has 0 saturated carbocycles. The number of benzene rings is 1. The standard InChI is InChI=1S/C19H28N4O/c1-3-6-16-7-4-8-17(11-16)13-23-10-5-9-19(24,14-23)12-18-21-20-15-22(18)2/h4,7-8,11,15,24H,3,5-6,9-10,12-14H2,1-2H3. The molecule has 5 heteroatoms. The van der Waals surface area contributed by atoms with Crippen molar-refractivity contribution in [1.29, 1.82) is 0 Å². The van der Waals surface area contributed by atoms with E-state index >= 15 is 0 Å². The molecule has 5 nitrogen and oxygen atoms in total. The lowest BCUT2D eigenvalue weighted by atomic mass is 9.89. The Morgan fingerprint density at radius 1 is 1.29 bits per heavy atom. The van der Waals surface area contributed by atoms with Crippen molar-refractivity contribution in [2.24, 2.45) is 7.05 Å². The van der Waals surface area contributed by atoms with Gasteiger partial charge >= 0.3 is 0 Å². The monoisotopic (exact) mass is 328 g/mol. The SMILES string of the molecule is CCCc1cccc(CN2CCCC(O)(Cc3nncn3C)C2)c1. The number of aliphatic hydroxyl groups is 1. The van der Waals surface area contributed by atoms with Crippen molar-refractivity contribution in [3.8, 4) is 0 Å². The van der Waals surface area contributed by atoms with Gasteiger partial charge in [0.2, 0.25) is 0 Å². The van der Waals surface area contributed by atoms with Crippen molar-refractivity contribution < 1.29 is 5.11 Å². The summed E-state index contributed by atoms with van der Waals surface area (Å²) in [5.41, 5.74) is 2.03. The van der Waals surface area contributed by atoms with Crippen LogP contribution >= 0.6 is 0 Å². The summed E-state index contributed by atoms with van der Waals surface area (Å²) in [5.74, 6) is 0.851. The van der Waals surface area contributed by atoms with E-state index in [1.165, 1.54) is 17.5 Å². The van der Waals surface area contributed by atoms with Crippen LogP contribution < -0.4 is 0 Å². The molecule has 1 fully saturated rings. The van der Waals surface area contributed by atoms with Crippen LogP contribution in [0.4, 0.5) is 0 Å². The quantitative estimate of drug-likeness (QED) is 0.884. The Morgan fingerprint density at radius 3 is 2.88 bits per heavy atom. The third-order valence-corrected chi connectivity index (χ3v) is 4.86. The molecule has 2 aromatic rings. The van der Waals surface area contributed by atoms with Crippen LogP contribution in [0.3, 0.4) is 0 Å². The summed E-state index contributed by atoms with van der Waals surface area (Å²) in [6, 6.07) is 8.85. The lowest BCUT2D eigenvalue weighted by molar-refractivity contribution is -0.0344. The van der Waals surface area contributed by atoms with Crippen LogP contribution in [-0.4, -0.2) is 43.5 Å². The molecule has 1 unspecified atom stereocenters. The van der Waals surface area contributed by atoms with E-state index in [0.29, 0.717) is 13.0 Å². The Bertz CT molecular complexity index is 669. The molecule has 3 rings (SSSR count). The molecule has 130 valence electrons. The van der Waals surface area contributed by atoms with Crippen molar-refractivity contribution in [2.75, 3.05) is 13.1 Å². The Balaban J connectivity index is 1.65. The second-order valence-electron chi connectivity index (χ2n) is 7.14. The van der Waals surface area contributed by atoms with Crippen molar-refractivity contribution >= 4 is 0 Å². The highest BCUT2D eigenvalue weighted by Crippen LogP contribution is 2.26. The average molecular weight is 328 g/mol. The first-order chi connectivity index (χ1) is 11.6. The van der Waals surface area contributed by atoms with Gasteiger partial charge in [-0.05, 0) is 36.9 Å². The van der Waals surface area contributed by atoms with Crippen molar-refractivity contribution in [2.45, 2.75) is 51.2 Å². The molecule has 1 N–H and O–H groups in total. The van der Waals surface area contributed by atoms with E-state index in [1.807, 2.05) is 11.6 Å². The molecule has 1 atom stereocenters. The van der Waals surface area contributed by atoms with Gasteiger partial charge in [0.05, 0.1) is 5.60 Å². The highest BCUT2D eigenvalue weighted by Gasteiger charge is 2.34. The third-order valence-electron chi connectivity index (χ3n) is 4.86. The Morgan fingerprint density at radius 2 is 2.12 bits per heavy atom. The predicted octanol–water partition coefficient (Wildman–Crippen LogP) is 2.34. The fourth-order valence-electron chi connectivity index (χ4n) is 3.68. The van der Waals surface area contributed by atoms with E-state index in [0.717, 1.165) is 38.2 Å². The maximum Gasteiger partial charge on any atom is 0.135 e. The number of aryl methyl sites for hydroxylation is 2. The van der Waals surface area contributed by atoms with Gasteiger partial charge in [-0.15, -0.1) is 10.2 Å². The molecular formula is C19H28N4O. The predicted molar refractivity (Wildman–Crippen MR) is 94.6 cm³/mol. The number of nitrogens with zero attached hydrogens (tertiary/aromatic N) is 4. The van der Waals surface area contributed by atoms with Gasteiger partial charge in [-0.3, -0.25) is 4.90 Å². The number of piperidine rings is 1. The topological polar surface area (TPSA) is 54.2 Å². The largest absolute Gasteiger partial charge is 0.388 e. The zero-order valence-corrected chi connectivity index (χ0v) is 14.8. The van der Waals surface area contributed by atoms with E-state index in [-0.39, 0.29) is 0 Å². The molecule has 1 aliphatic heterocycles. The van der Waals surface area contributed by atoms with Crippen LogP contribution in [0.1, 0.15) is 43.1 Å². The number of hydrogen-bond acceptors (Lipinski definition) is 4. The fraction of sp³-hybridized carbons (Fsp3) is 0.579. The summed E-state index contributed by atoms with van der Waals surface area (Å²) in [7, 11) is 1.93. The number of rotatable bonds is 6. The number of β-amino-alcohol motifs (C(OH)–C–C–N with tert-alkyl or cyclic N) is 1. The van der Waals surface area contributed by atoms with Gasteiger partial charge in [-0.2, -0.15) is 0 Å². The maximum absolute atomic E-state index is 11.0. The molecule has 1 aliphatic rings. The van der Waals surface area contributed by atoms with Crippen LogP contribution in [-0.2, 0) is 26.4 Å². The van der Waals surface area contributed by atoms with Crippen LogP contribution in [0.15, 0.2) is 30.6 Å². The van der Waals surface area contributed by atoms with Crippen LogP contribution in [0.5, 0.6) is 0 Å². The highest BCUT2D eigenvalue weighted by molar-refractivity contribution is 5.23. The van der Waals surface area contributed by atoms with Crippen molar-refractivity contribution in [3.05, 3.63) is 47.5 Å². The zero-order valence-electron chi connectivity index (χ0n) is 14.8. The number of hydrogen-bond donors (Lipinski definition) is 1. The summed E-state index contributed by atoms with van der Waals surface area (Å²) in [5, 5.41) is 19.1. The van der Waals surface area contributed by atoms with Crippen molar-refractivity contribution in [1.82, 2.24) is 19.7 Å². The van der Waals surface area contributed by atoms with E-state index in [2.05, 4.69) is 46.3 Å². The molecule has 1 aromatic carbocycles. The fourth-order valence-corrected chi connectivity index (χ4v) is 3.68. The normalized spacial score (nSPS) is 22.0. The molecule has 1 aromatic heterocycles. The van der Waals surface area contributed by atoms with Gasteiger partial charge < -0.3 is 9.67 Å². The van der Waals surface area contributed by atoms with Gasteiger partial charge in [0.25, 0.3) is 0 Å². The second-order valence-corrected chi connectivity index (χ2v) is 7.14. The first-order valence-corrected chi connectivity index (χ1v) is 8.93. The highest BCUT2D eigenvalue weighted by atomic mass is 16.3. The summed E-state index contributed by atoms with van der Waals surface area (Å²) in [6.45, 7) is 4.85. The minimum Gasteiger partial charge on any atom is -0.388 e. The molecule has 2 heterocycles. The van der Waals surface area contributed by atoms with Crippen LogP contribution in [0.2, 0.25) is 0 Å².